The average molecular weight is 387 g/mol. The van der Waals surface area contributed by atoms with Crippen LogP contribution >= 0.6 is 0 Å². The number of hydrogen-bond acceptors (Lipinski definition) is 5. The Kier molecular flexibility index (Phi) is 5.09. The van der Waals surface area contributed by atoms with Gasteiger partial charge in [0.25, 0.3) is 0 Å². The fraction of sp³-hybridized carbons (Fsp3) is 0.312. The van der Waals surface area contributed by atoms with Crippen molar-refractivity contribution in [3.05, 3.63) is 47.9 Å². The van der Waals surface area contributed by atoms with Crippen LogP contribution in [0.25, 0.3) is 0 Å². The van der Waals surface area contributed by atoms with Crippen molar-refractivity contribution in [1.29, 1.82) is 0 Å². The number of rotatable bonds is 4. The minimum Gasteiger partial charge on any atom is -0.309 e. The third-order valence-corrected chi connectivity index (χ3v) is 6.10. The zero-order valence-corrected chi connectivity index (χ0v) is 14.9. The number of halogens is 3. The smallest absolute Gasteiger partial charge is 0.309 e. The summed E-state index contributed by atoms with van der Waals surface area (Å²) in [4.78, 5) is 19.0. The summed E-state index contributed by atoms with van der Waals surface area (Å²) in [6.07, 6.45) is -2.60. The Labute approximate surface area is 148 Å². The fourth-order valence-electron chi connectivity index (χ4n) is 1.93. The van der Waals surface area contributed by atoms with Crippen LogP contribution in [-0.2, 0) is 20.8 Å². The number of alkyl halides is 3. The molecule has 0 aliphatic heterocycles. The van der Waals surface area contributed by atoms with Crippen LogP contribution in [0.4, 0.5) is 19.0 Å². The molecular weight excluding hydrogens is 371 g/mol. The minimum atomic E-state index is -4.69. The number of aromatic nitrogens is 2. The van der Waals surface area contributed by atoms with Crippen LogP contribution in [0.15, 0.2) is 41.6 Å². The molecule has 0 bridgehead atoms. The molecule has 0 radical (unpaired) electrons. The summed E-state index contributed by atoms with van der Waals surface area (Å²) in [7, 11) is -4.30. The lowest BCUT2D eigenvalue weighted by molar-refractivity contribution is -0.141. The van der Waals surface area contributed by atoms with E-state index in [1.807, 2.05) is 0 Å². The first kappa shape index (κ1) is 19.8. The molecule has 2 rings (SSSR count). The van der Waals surface area contributed by atoms with Crippen LogP contribution < -0.4 is 5.32 Å². The molecule has 0 saturated heterocycles. The Morgan fingerprint density at radius 3 is 2.15 bits per heavy atom. The highest BCUT2D eigenvalue weighted by molar-refractivity contribution is 7.93. The SMILES string of the molecule is Cc1ccc(NC(=O)C(C)(C)S(=O)(=O)c2ccc(C(F)(F)F)nc2)nc1. The summed E-state index contributed by atoms with van der Waals surface area (Å²) in [5.74, 6) is -0.705. The van der Waals surface area contributed by atoms with E-state index in [2.05, 4.69) is 15.3 Å². The zero-order valence-electron chi connectivity index (χ0n) is 14.1. The van der Waals surface area contributed by atoms with Gasteiger partial charge in [0.05, 0.1) is 4.90 Å². The van der Waals surface area contributed by atoms with Gasteiger partial charge >= 0.3 is 6.18 Å². The lowest BCUT2D eigenvalue weighted by Crippen LogP contribution is -2.44. The number of sulfone groups is 1. The Hall–Kier alpha value is -2.49. The number of anilines is 1. The summed E-state index contributed by atoms with van der Waals surface area (Å²) in [5, 5.41) is 2.39. The lowest BCUT2D eigenvalue weighted by atomic mass is 10.2. The van der Waals surface area contributed by atoms with Gasteiger partial charge in [-0.15, -0.1) is 0 Å². The Bertz CT molecular complexity index is 906. The van der Waals surface area contributed by atoms with E-state index in [0.717, 1.165) is 25.5 Å². The molecule has 2 aromatic rings. The maximum atomic E-state index is 12.7. The second-order valence-electron chi connectivity index (χ2n) is 6.07. The van der Waals surface area contributed by atoms with Crippen molar-refractivity contribution in [2.45, 2.75) is 36.6 Å². The third-order valence-electron chi connectivity index (χ3n) is 3.71. The first-order valence-electron chi connectivity index (χ1n) is 7.37. The third kappa shape index (κ3) is 3.85. The summed E-state index contributed by atoms with van der Waals surface area (Å²) in [6.45, 7) is 4.11. The molecule has 2 heterocycles. The van der Waals surface area contributed by atoms with Crippen LogP contribution in [0.1, 0.15) is 25.1 Å². The maximum Gasteiger partial charge on any atom is 0.433 e. The molecule has 26 heavy (non-hydrogen) atoms. The van der Waals surface area contributed by atoms with E-state index < -0.39 is 37.3 Å². The topological polar surface area (TPSA) is 89.0 Å². The number of amides is 1. The van der Waals surface area contributed by atoms with Crippen molar-refractivity contribution < 1.29 is 26.4 Å². The Morgan fingerprint density at radius 1 is 1.04 bits per heavy atom. The first-order valence-corrected chi connectivity index (χ1v) is 8.86. The predicted molar refractivity (Wildman–Crippen MR) is 88.1 cm³/mol. The number of carbonyl (C=O) groups is 1. The van der Waals surface area contributed by atoms with Crippen molar-refractivity contribution in [2.75, 3.05) is 5.32 Å². The van der Waals surface area contributed by atoms with Crippen LogP contribution in [0.3, 0.4) is 0 Å². The molecule has 0 aromatic carbocycles. The van der Waals surface area contributed by atoms with Crippen molar-refractivity contribution in [1.82, 2.24) is 9.97 Å². The number of carbonyl (C=O) groups excluding carboxylic acids is 1. The zero-order chi connectivity index (χ0) is 19.8. The molecule has 6 nitrogen and oxygen atoms in total. The number of hydrogen-bond donors (Lipinski definition) is 1. The number of pyridine rings is 2. The van der Waals surface area contributed by atoms with E-state index in [1.54, 1.807) is 13.0 Å². The van der Waals surface area contributed by atoms with Gasteiger partial charge < -0.3 is 5.32 Å². The monoisotopic (exact) mass is 387 g/mol. The molecule has 0 fully saturated rings. The van der Waals surface area contributed by atoms with E-state index in [9.17, 15) is 26.4 Å². The molecule has 0 aliphatic carbocycles. The fourth-order valence-corrected chi connectivity index (χ4v) is 3.26. The highest BCUT2D eigenvalue weighted by Gasteiger charge is 2.43. The van der Waals surface area contributed by atoms with Crippen LogP contribution in [-0.4, -0.2) is 29.0 Å². The average Bonchev–Trinajstić information content (AvgIpc) is 2.56. The van der Waals surface area contributed by atoms with Gasteiger partial charge in [-0.2, -0.15) is 13.2 Å². The highest BCUT2D eigenvalue weighted by atomic mass is 32.2. The van der Waals surface area contributed by atoms with Gasteiger partial charge in [-0.25, -0.2) is 13.4 Å². The van der Waals surface area contributed by atoms with Gasteiger partial charge in [-0.05, 0) is 44.5 Å². The molecule has 1 N–H and O–H groups in total. The van der Waals surface area contributed by atoms with Gasteiger partial charge in [0.1, 0.15) is 16.3 Å². The molecule has 0 unspecified atom stereocenters. The molecule has 0 aliphatic rings. The molecular formula is C16H16F3N3O3S. The number of nitrogens with zero attached hydrogens (tertiary/aromatic N) is 2. The largest absolute Gasteiger partial charge is 0.433 e. The minimum absolute atomic E-state index is 0.161. The molecule has 0 spiro atoms. The first-order chi connectivity index (χ1) is 11.9. The summed E-state index contributed by atoms with van der Waals surface area (Å²) < 4.78 is 61.1. The highest BCUT2D eigenvalue weighted by Crippen LogP contribution is 2.30. The predicted octanol–water partition coefficient (Wildman–Crippen LogP) is 2.99. The second kappa shape index (κ2) is 6.67. The molecule has 10 heteroatoms. The van der Waals surface area contributed by atoms with Gasteiger partial charge in [0.15, 0.2) is 9.84 Å². The van der Waals surface area contributed by atoms with Crippen LogP contribution in [0.2, 0.25) is 0 Å². The van der Waals surface area contributed by atoms with E-state index in [-0.39, 0.29) is 5.82 Å². The molecule has 140 valence electrons. The van der Waals surface area contributed by atoms with Crippen LogP contribution in [0, 0.1) is 6.92 Å². The molecule has 0 saturated carbocycles. The van der Waals surface area contributed by atoms with Gasteiger partial charge in [0, 0.05) is 12.4 Å². The van der Waals surface area contributed by atoms with Crippen molar-refractivity contribution in [2.24, 2.45) is 0 Å². The van der Waals surface area contributed by atoms with Crippen molar-refractivity contribution >= 4 is 21.6 Å². The summed E-state index contributed by atoms with van der Waals surface area (Å²) in [5.41, 5.74) is -0.367. The van der Waals surface area contributed by atoms with Crippen molar-refractivity contribution in [3.63, 3.8) is 0 Å². The number of nitrogens with one attached hydrogen (secondary N) is 1. The summed E-state index contributed by atoms with van der Waals surface area (Å²) >= 11 is 0. The van der Waals surface area contributed by atoms with E-state index in [1.165, 1.54) is 12.3 Å². The molecule has 1 amide bonds. The normalized spacial score (nSPS) is 12.7. The Morgan fingerprint density at radius 2 is 1.69 bits per heavy atom. The standard InChI is InChI=1S/C16H16F3N3O3S/c1-10-4-7-13(21-8-10)22-14(23)15(2,3)26(24,25)11-5-6-12(20-9-11)16(17,18)19/h4-9H,1-3H3,(H,21,22,23). The van der Waals surface area contributed by atoms with Crippen molar-refractivity contribution in [3.8, 4) is 0 Å². The van der Waals surface area contributed by atoms with Gasteiger partial charge in [-0.1, -0.05) is 6.07 Å². The van der Waals surface area contributed by atoms with E-state index in [4.69, 9.17) is 0 Å². The molecule has 0 atom stereocenters. The van der Waals surface area contributed by atoms with E-state index >= 15 is 0 Å². The Balaban J connectivity index is 2.30. The number of aryl methyl sites for hydroxylation is 1. The van der Waals surface area contributed by atoms with E-state index in [0.29, 0.717) is 12.3 Å². The van der Waals surface area contributed by atoms with Gasteiger partial charge in [-0.3, -0.25) is 9.78 Å². The lowest BCUT2D eigenvalue weighted by Gasteiger charge is -2.23. The molecule has 2 aromatic heterocycles. The van der Waals surface area contributed by atoms with Gasteiger partial charge in [0.2, 0.25) is 5.91 Å². The summed E-state index contributed by atoms with van der Waals surface area (Å²) in [6, 6.07) is 4.53. The second-order valence-corrected chi connectivity index (χ2v) is 8.56. The quantitative estimate of drug-likeness (QED) is 0.871. The maximum absolute atomic E-state index is 12.7. The van der Waals surface area contributed by atoms with Crippen LogP contribution in [0.5, 0.6) is 0 Å².